The van der Waals surface area contributed by atoms with E-state index in [4.69, 9.17) is 4.74 Å². The first-order valence-electron chi connectivity index (χ1n) is 7.03. The summed E-state index contributed by atoms with van der Waals surface area (Å²) < 4.78 is 56.6. The van der Waals surface area contributed by atoms with Gasteiger partial charge >= 0.3 is 0 Å². The molecule has 1 unspecified atom stereocenters. The minimum absolute atomic E-state index is 0.0968. The zero-order valence-electron chi connectivity index (χ0n) is 12.8. The summed E-state index contributed by atoms with van der Waals surface area (Å²) in [7, 11) is -3.87. The molecule has 1 aromatic carbocycles. The van der Waals surface area contributed by atoms with Crippen LogP contribution < -0.4 is 4.31 Å². The second-order valence-corrected chi connectivity index (χ2v) is 7.13. The van der Waals surface area contributed by atoms with Crippen molar-refractivity contribution in [1.29, 1.82) is 0 Å². The van der Waals surface area contributed by atoms with Gasteiger partial charge in [0.25, 0.3) is 0 Å². The van der Waals surface area contributed by atoms with E-state index in [1.165, 1.54) is 11.8 Å². The van der Waals surface area contributed by atoms with Gasteiger partial charge in [-0.1, -0.05) is 0 Å². The molecule has 1 fully saturated rings. The largest absolute Gasteiger partial charge is 0.378 e. The molecule has 0 bridgehead atoms. The van der Waals surface area contributed by atoms with Gasteiger partial charge in [-0.3, -0.25) is 9.10 Å². The zero-order valence-corrected chi connectivity index (χ0v) is 13.6. The van der Waals surface area contributed by atoms with Crippen LogP contribution in [0.25, 0.3) is 0 Å². The molecular weight excluding hydrogens is 330 g/mol. The molecule has 0 aromatic heterocycles. The minimum Gasteiger partial charge on any atom is -0.378 e. The Kier molecular flexibility index (Phi) is 5.20. The van der Waals surface area contributed by atoms with Crippen molar-refractivity contribution in [1.82, 2.24) is 4.90 Å². The summed E-state index contributed by atoms with van der Waals surface area (Å²) in [4.78, 5) is 14.0. The minimum atomic E-state index is -3.87. The Labute approximate surface area is 133 Å². The number of rotatable bonds is 4. The van der Waals surface area contributed by atoms with Crippen LogP contribution in [-0.2, 0) is 19.6 Å². The SMILES string of the molecule is CC(C(=O)N1CCOCC1)N(c1ccc(F)c(F)c1)S(C)(=O)=O. The van der Waals surface area contributed by atoms with E-state index in [2.05, 4.69) is 0 Å². The van der Waals surface area contributed by atoms with Crippen LogP contribution in [0.5, 0.6) is 0 Å². The molecule has 1 saturated heterocycles. The molecule has 1 aliphatic heterocycles. The summed E-state index contributed by atoms with van der Waals surface area (Å²) in [5.74, 6) is -2.68. The van der Waals surface area contributed by atoms with E-state index < -0.39 is 33.6 Å². The van der Waals surface area contributed by atoms with Gasteiger partial charge in [-0.15, -0.1) is 0 Å². The van der Waals surface area contributed by atoms with Crippen LogP contribution in [0.15, 0.2) is 18.2 Å². The van der Waals surface area contributed by atoms with Gasteiger partial charge in [0.2, 0.25) is 15.9 Å². The molecule has 23 heavy (non-hydrogen) atoms. The maximum atomic E-state index is 13.4. The zero-order chi connectivity index (χ0) is 17.2. The van der Waals surface area contributed by atoms with E-state index in [9.17, 15) is 22.0 Å². The van der Waals surface area contributed by atoms with Crippen molar-refractivity contribution in [3.8, 4) is 0 Å². The van der Waals surface area contributed by atoms with Crippen LogP contribution in [0, 0.1) is 11.6 Å². The van der Waals surface area contributed by atoms with Crippen LogP contribution in [0.2, 0.25) is 0 Å². The lowest BCUT2D eigenvalue weighted by atomic mass is 10.2. The van der Waals surface area contributed by atoms with Gasteiger partial charge in [-0.05, 0) is 19.1 Å². The van der Waals surface area contributed by atoms with Crippen LogP contribution in [-0.4, -0.2) is 57.8 Å². The summed E-state index contributed by atoms with van der Waals surface area (Å²) in [6.07, 6.45) is 0.914. The molecule has 6 nitrogen and oxygen atoms in total. The van der Waals surface area contributed by atoms with Crippen molar-refractivity contribution in [3.63, 3.8) is 0 Å². The first-order valence-corrected chi connectivity index (χ1v) is 8.87. The number of halogens is 2. The highest BCUT2D eigenvalue weighted by Gasteiger charge is 2.33. The van der Waals surface area contributed by atoms with E-state index in [0.717, 1.165) is 28.8 Å². The average Bonchev–Trinajstić information content (AvgIpc) is 2.49. The molecule has 128 valence electrons. The van der Waals surface area contributed by atoms with E-state index in [-0.39, 0.29) is 5.69 Å². The smallest absolute Gasteiger partial charge is 0.246 e. The monoisotopic (exact) mass is 348 g/mol. The third-order valence-corrected chi connectivity index (χ3v) is 4.79. The third-order valence-electron chi connectivity index (χ3n) is 3.55. The predicted octanol–water partition coefficient (Wildman–Crippen LogP) is 0.978. The molecule has 0 aliphatic carbocycles. The number of benzene rings is 1. The molecule has 2 rings (SSSR count). The standard InChI is InChI=1S/C14H18F2N2O4S/c1-10(14(19)17-5-7-22-8-6-17)18(23(2,20)21)11-3-4-12(15)13(16)9-11/h3-4,9-10H,5-8H2,1-2H3. The molecule has 1 atom stereocenters. The average molecular weight is 348 g/mol. The summed E-state index contributed by atoms with van der Waals surface area (Å²) in [5.41, 5.74) is -0.0968. The first-order chi connectivity index (χ1) is 10.7. The fraction of sp³-hybridized carbons (Fsp3) is 0.500. The van der Waals surface area contributed by atoms with Gasteiger partial charge in [-0.2, -0.15) is 0 Å². The van der Waals surface area contributed by atoms with Gasteiger partial charge in [-0.25, -0.2) is 17.2 Å². The van der Waals surface area contributed by atoms with Gasteiger partial charge < -0.3 is 9.64 Å². The molecule has 0 radical (unpaired) electrons. The third kappa shape index (κ3) is 3.97. The molecule has 1 amide bonds. The number of hydrogen-bond donors (Lipinski definition) is 0. The normalized spacial score (nSPS) is 17.0. The van der Waals surface area contributed by atoms with Crippen LogP contribution in [0.1, 0.15) is 6.92 Å². The maximum absolute atomic E-state index is 13.4. The van der Waals surface area contributed by atoms with Gasteiger partial charge in [0.15, 0.2) is 11.6 Å². The molecule has 1 heterocycles. The highest BCUT2D eigenvalue weighted by Crippen LogP contribution is 2.24. The van der Waals surface area contributed by atoms with E-state index in [1.54, 1.807) is 0 Å². The fourth-order valence-corrected chi connectivity index (χ4v) is 3.63. The van der Waals surface area contributed by atoms with Crippen LogP contribution in [0.4, 0.5) is 14.5 Å². The Hall–Kier alpha value is -1.74. The molecule has 0 N–H and O–H groups in total. The number of carbonyl (C=O) groups excluding carboxylic acids is 1. The number of sulfonamides is 1. The Balaban J connectivity index is 2.34. The van der Waals surface area contributed by atoms with E-state index in [0.29, 0.717) is 26.3 Å². The number of nitrogens with zero attached hydrogens (tertiary/aromatic N) is 2. The number of carbonyl (C=O) groups is 1. The number of amides is 1. The molecule has 0 spiro atoms. The van der Waals surface area contributed by atoms with Crippen molar-refractivity contribution in [2.24, 2.45) is 0 Å². The Morgan fingerprint density at radius 1 is 1.26 bits per heavy atom. The van der Waals surface area contributed by atoms with Gasteiger partial charge in [0.05, 0.1) is 25.2 Å². The summed E-state index contributed by atoms with van der Waals surface area (Å²) in [6.45, 7) is 2.89. The fourth-order valence-electron chi connectivity index (χ4n) is 2.47. The molecular formula is C14H18F2N2O4S. The van der Waals surface area contributed by atoms with Crippen molar-refractivity contribution in [3.05, 3.63) is 29.8 Å². The number of morpholine rings is 1. The summed E-state index contributed by atoms with van der Waals surface area (Å²) >= 11 is 0. The second-order valence-electron chi connectivity index (χ2n) is 5.27. The van der Waals surface area contributed by atoms with Gasteiger partial charge in [0, 0.05) is 19.2 Å². The highest BCUT2D eigenvalue weighted by atomic mass is 32.2. The van der Waals surface area contributed by atoms with Crippen molar-refractivity contribution in [2.45, 2.75) is 13.0 Å². The lowest BCUT2D eigenvalue weighted by Crippen LogP contribution is -2.52. The molecule has 1 aliphatic rings. The number of hydrogen-bond acceptors (Lipinski definition) is 4. The number of ether oxygens (including phenoxy) is 1. The maximum Gasteiger partial charge on any atom is 0.246 e. The second kappa shape index (κ2) is 6.79. The quantitative estimate of drug-likeness (QED) is 0.813. The van der Waals surface area contributed by atoms with Crippen molar-refractivity contribution >= 4 is 21.6 Å². The predicted molar refractivity (Wildman–Crippen MR) is 80.5 cm³/mol. The van der Waals surface area contributed by atoms with Crippen molar-refractivity contribution < 1.29 is 26.7 Å². The molecule has 9 heteroatoms. The Bertz CT molecular complexity index is 690. The summed E-state index contributed by atoms with van der Waals surface area (Å²) in [5, 5.41) is 0. The summed E-state index contributed by atoms with van der Waals surface area (Å²) in [6, 6.07) is 1.64. The highest BCUT2D eigenvalue weighted by molar-refractivity contribution is 7.92. The lowest BCUT2D eigenvalue weighted by molar-refractivity contribution is -0.136. The van der Waals surface area contributed by atoms with Crippen molar-refractivity contribution in [2.75, 3.05) is 36.9 Å². The van der Waals surface area contributed by atoms with E-state index >= 15 is 0 Å². The number of anilines is 1. The Morgan fingerprint density at radius 3 is 2.39 bits per heavy atom. The van der Waals surface area contributed by atoms with Crippen LogP contribution >= 0.6 is 0 Å². The molecule has 0 saturated carbocycles. The Morgan fingerprint density at radius 2 is 1.87 bits per heavy atom. The topological polar surface area (TPSA) is 66.9 Å². The van der Waals surface area contributed by atoms with Crippen LogP contribution in [0.3, 0.4) is 0 Å². The van der Waals surface area contributed by atoms with Gasteiger partial charge in [0.1, 0.15) is 6.04 Å². The van der Waals surface area contributed by atoms with E-state index in [1.807, 2.05) is 0 Å². The first kappa shape index (κ1) is 17.6. The molecule has 1 aromatic rings. The lowest BCUT2D eigenvalue weighted by Gasteiger charge is -2.34.